The second-order valence-electron chi connectivity index (χ2n) is 2.52. The Morgan fingerprint density at radius 1 is 1.00 bits per heavy atom. The fourth-order valence-electron chi connectivity index (χ4n) is 0.493. The van der Waals surface area contributed by atoms with E-state index in [9.17, 15) is 0 Å². The molecule has 0 atom stereocenters. The Balaban J connectivity index is -0.000000137. The van der Waals surface area contributed by atoms with E-state index in [-0.39, 0.29) is 0 Å². The van der Waals surface area contributed by atoms with E-state index in [1.165, 1.54) is 24.8 Å². The van der Waals surface area contributed by atoms with Crippen molar-refractivity contribution in [3.63, 3.8) is 0 Å². The molecule has 0 aromatic carbocycles. The Labute approximate surface area is 80.1 Å². The molecule has 0 saturated heterocycles. The molecule has 12 heavy (non-hydrogen) atoms. The molecule has 0 heterocycles. The Bertz CT molecular complexity index is 70.1. The lowest BCUT2D eigenvalue weighted by molar-refractivity contribution is 1.06. The van der Waals surface area contributed by atoms with Crippen molar-refractivity contribution in [1.29, 1.82) is 0 Å². The van der Waals surface area contributed by atoms with Crippen molar-refractivity contribution in [2.45, 2.75) is 67.7 Å². The standard InChI is InChI=1S/C7H14.C3H8.C2H6/c1-4-6-7(3)5-2;1-3-2;1-2/h6H,4-5H2,1-3H3;3H2,1-2H3;1-2H3/b7-6-;;. The minimum absolute atomic E-state index is 1.18. The van der Waals surface area contributed by atoms with E-state index < -0.39 is 0 Å². The van der Waals surface area contributed by atoms with Gasteiger partial charge in [0.15, 0.2) is 0 Å². The van der Waals surface area contributed by atoms with Gasteiger partial charge in [0.25, 0.3) is 0 Å². The summed E-state index contributed by atoms with van der Waals surface area (Å²) in [5.41, 5.74) is 1.50. The Kier molecular flexibility index (Phi) is 33.1. The van der Waals surface area contributed by atoms with E-state index in [0.29, 0.717) is 0 Å². The molecule has 0 unspecified atom stereocenters. The summed E-state index contributed by atoms with van der Waals surface area (Å²) < 4.78 is 0. The average molecular weight is 172 g/mol. The smallest absolute Gasteiger partial charge is 0.0352 e. The molecular weight excluding hydrogens is 144 g/mol. The van der Waals surface area contributed by atoms with E-state index in [1.54, 1.807) is 0 Å². The van der Waals surface area contributed by atoms with Gasteiger partial charge in [0.1, 0.15) is 0 Å². The maximum absolute atomic E-state index is 2.26. The van der Waals surface area contributed by atoms with Gasteiger partial charge in [-0.15, -0.1) is 0 Å². The van der Waals surface area contributed by atoms with Gasteiger partial charge in [0.2, 0.25) is 0 Å². The van der Waals surface area contributed by atoms with E-state index in [2.05, 4.69) is 40.7 Å². The lowest BCUT2D eigenvalue weighted by Gasteiger charge is -1.88. The van der Waals surface area contributed by atoms with Crippen molar-refractivity contribution in [3.05, 3.63) is 11.6 Å². The first-order valence-corrected chi connectivity index (χ1v) is 5.38. The fraction of sp³-hybridized carbons (Fsp3) is 0.833. The monoisotopic (exact) mass is 172 g/mol. The van der Waals surface area contributed by atoms with Gasteiger partial charge in [0, 0.05) is 0 Å². The number of allylic oxidation sites excluding steroid dienone is 2. The third-order valence-corrected chi connectivity index (χ3v) is 1.11. The highest BCUT2D eigenvalue weighted by molar-refractivity contribution is 4.95. The third-order valence-electron chi connectivity index (χ3n) is 1.11. The summed E-state index contributed by atoms with van der Waals surface area (Å²) in [4.78, 5) is 0. The van der Waals surface area contributed by atoms with Crippen molar-refractivity contribution in [1.82, 2.24) is 0 Å². The highest BCUT2D eigenvalue weighted by Gasteiger charge is 1.76. The normalized spacial score (nSPS) is 9.08. The van der Waals surface area contributed by atoms with Crippen LogP contribution >= 0.6 is 0 Å². The van der Waals surface area contributed by atoms with Crippen LogP contribution in [-0.4, -0.2) is 0 Å². The zero-order valence-corrected chi connectivity index (χ0v) is 10.2. The largest absolute Gasteiger partial charge is 0.0859 e. The zero-order valence-electron chi connectivity index (χ0n) is 10.2. The first kappa shape index (κ1) is 17.7. The van der Waals surface area contributed by atoms with Gasteiger partial charge >= 0.3 is 0 Å². The maximum atomic E-state index is 2.26. The van der Waals surface area contributed by atoms with Crippen LogP contribution in [0.2, 0.25) is 0 Å². The molecule has 0 radical (unpaired) electrons. The van der Waals surface area contributed by atoms with Gasteiger partial charge in [-0.1, -0.05) is 59.6 Å². The molecule has 0 aliphatic rings. The van der Waals surface area contributed by atoms with Crippen molar-refractivity contribution in [2.75, 3.05) is 0 Å². The van der Waals surface area contributed by atoms with Crippen molar-refractivity contribution in [2.24, 2.45) is 0 Å². The van der Waals surface area contributed by atoms with Crippen LogP contribution in [0, 0.1) is 0 Å². The van der Waals surface area contributed by atoms with Crippen molar-refractivity contribution >= 4 is 0 Å². The summed E-state index contributed by atoms with van der Waals surface area (Å²) in [5.74, 6) is 0. The van der Waals surface area contributed by atoms with Crippen LogP contribution in [0.5, 0.6) is 0 Å². The summed E-state index contributed by atoms with van der Waals surface area (Å²) in [6.45, 7) is 14.8. The minimum Gasteiger partial charge on any atom is -0.0859 e. The number of rotatable bonds is 2. The molecule has 0 aromatic heterocycles. The molecule has 0 amide bonds. The second-order valence-corrected chi connectivity index (χ2v) is 2.52. The van der Waals surface area contributed by atoms with Gasteiger partial charge in [-0.2, -0.15) is 0 Å². The van der Waals surface area contributed by atoms with E-state index >= 15 is 0 Å². The van der Waals surface area contributed by atoms with Crippen LogP contribution in [0.1, 0.15) is 67.7 Å². The van der Waals surface area contributed by atoms with E-state index in [4.69, 9.17) is 0 Å². The highest BCUT2D eigenvalue weighted by Crippen LogP contribution is 1.97. The molecule has 0 heteroatoms. The van der Waals surface area contributed by atoms with Crippen LogP contribution in [0.25, 0.3) is 0 Å². The Morgan fingerprint density at radius 2 is 1.33 bits per heavy atom. The van der Waals surface area contributed by atoms with Crippen LogP contribution in [0.15, 0.2) is 11.6 Å². The molecule has 0 nitrogen and oxygen atoms in total. The summed E-state index contributed by atoms with van der Waals surface area (Å²) in [5, 5.41) is 0. The van der Waals surface area contributed by atoms with Gasteiger partial charge in [0.05, 0.1) is 0 Å². The van der Waals surface area contributed by atoms with E-state index in [1.807, 2.05) is 13.8 Å². The summed E-state index contributed by atoms with van der Waals surface area (Å²) >= 11 is 0. The average Bonchev–Trinajstić information content (AvgIpc) is 2.10. The lowest BCUT2D eigenvalue weighted by Crippen LogP contribution is -1.67. The molecule has 0 rings (SSSR count). The molecule has 76 valence electrons. The molecule has 0 fully saturated rings. The van der Waals surface area contributed by atoms with E-state index in [0.717, 1.165) is 0 Å². The molecule has 0 aliphatic carbocycles. The topological polar surface area (TPSA) is 0 Å². The summed E-state index contributed by atoms with van der Waals surface area (Å²) in [6, 6.07) is 0. The van der Waals surface area contributed by atoms with Crippen LogP contribution in [-0.2, 0) is 0 Å². The Hall–Kier alpha value is -0.260. The molecule has 0 saturated carbocycles. The molecule has 0 spiro atoms. The van der Waals surface area contributed by atoms with Gasteiger partial charge < -0.3 is 0 Å². The predicted molar refractivity (Wildman–Crippen MR) is 61.7 cm³/mol. The molecular formula is C12H28. The SMILES string of the molecule is CC.CC/C=C(/C)CC.CCC. The fourth-order valence-corrected chi connectivity index (χ4v) is 0.493. The number of hydrogen-bond donors (Lipinski definition) is 0. The zero-order chi connectivity index (χ0) is 10.4. The van der Waals surface area contributed by atoms with Crippen molar-refractivity contribution < 1.29 is 0 Å². The molecule has 0 N–H and O–H groups in total. The van der Waals surface area contributed by atoms with Crippen LogP contribution < -0.4 is 0 Å². The minimum atomic E-state index is 1.18. The maximum Gasteiger partial charge on any atom is -0.0352 e. The van der Waals surface area contributed by atoms with Gasteiger partial charge in [-0.3, -0.25) is 0 Å². The van der Waals surface area contributed by atoms with Crippen LogP contribution in [0.4, 0.5) is 0 Å². The first-order chi connectivity index (χ1) is 5.72. The first-order valence-electron chi connectivity index (χ1n) is 5.38. The van der Waals surface area contributed by atoms with Gasteiger partial charge in [-0.05, 0) is 19.8 Å². The molecule has 0 aromatic rings. The summed E-state index contributed by atoms with van der Waals surface area (Å²) in [6.07, 6.45) is 5.90. The lowest BCUT2D eigenvalue weighted by atomic mass is 10.2. The quantitative estimate of drug-likeness (QED) is 0.502. The Morgan fingerprint density at radius 3 is 1.42 bits per heavy atom. The predicted octanol–water partition coefficient (Wildman–Crippen LogP) is 5.20. The van der Waals surface area contributed by atoms with Gasteiger partial charge in [-0.25, -0.2) is 0 Å². The third kappa shape index (κ3) is 33.1. The summed E-state index contributed by atoms with van der Waals surface area (Å²) in [7, 11) is 0. The van der Waals surface area contributed by atoms with Crippen molar-refractivity contribution in [3.8, 4) is 0 Å². The number of hydrogen-bond acceptors (Lipinski definition) is 0. The highest BCUT2D eigenvalue weighted by atomic mass is 13.8. The second kappa shape index (κ2) is 22.4. The van der Waals surface area contributed by atoms with Crippen LogP contribution in [0.3, 0.4) is 0 Å². The molecule has 0 aliphatic heterocycles. The molecule has 0 bridgehead atoms.